The van der Waals surface area contributed by atoms with Crippen molar-refractivity contribution in [3.05, 3.63) is 24.0 Å². The highest BCUT2D eigenvalue weighted by Gasteiger charge is 2.43. The molecule has 0 unspecified atom stereocenters. The number of nitrogens with one attached hydrogen (secondary N) is 1. The number of primary sulfonamides is 1. The number of rotatable bonds is 4. The van der Waals surface area contributed by atoms with Crippen LogP contribution in [0.1, 0.15) is 19.3 Å². The molecule has 1 saturated carbocycles. The molecule has 10 heteroatoms. The third-order valence-corrected chi connectivity index (χ3v) is 6.64. The summed E-state index contributed by atoms with van der Waals surface area (Å²) in [5.41, 5.74) is -0.0341. The van der Waals surface area contributed by atoms with Crippen molar-refractivity contribution < 1.29 is 21.2 Å². The van der Waals surface area contributed by atoms with Gasteiger partial charge in [0.25, 0.3) is 0 Å². The summed E-state index contributed by atoms with van der Waals surface area (Å²) in [6, 6.07) is 2.90. The molecule has 22 heavy (non-hydrogen) atoms. The van der Waals surface area contributed by atoms with E-state index in [1.165, 1.54) is 4.31 Å². The van der Waals surface area contributed by atoms with Gasteiger partial charge < -0.3 is 0 Å². The van der Waals surface area contributed by atoms with Crippen LogP contribution in [0.4, 0.5) is 10.1 Å². The highest BCUT2D eigenvalue weighted by Crippen LogP contribution is 2.39. The molecule has 2 fully saturated rings. The normalized spacial score (nSPS) is 25.5. The van der Waals surface area contributed by atoms with Crippen LogP contribution in [0.2, 0.25) is 0 Å². The third kappa shape index (κ3) is 2.83. The van der Waals surface area contributed by atoms with Crippen LogP contribution in [0.5, 0.6) is 0 Å². The van der Waals surface area contributed by atoms with Gasteiger partial charge in [0.15, 0.2) is 0 Å². The summed E-state index contributed by atoms with van der Waals surface area (Å²) in [5, 5.41) is 4.91. The molecule has 3 N–H and O–H groups in total. The first kappa shape index (κ1) is 15.7. The van der Waals surface area contributed by atoms with Gasteiger partial charge in [-0.3, -0.25) is 4.72 Å². The minimum absolute atomic E-state index is 0.0133. The van der Waals surface area contributed by atoms with E-state index in [0.717, 1.165) is 37.5 Å². The molecule has 1 saturated heterocycles. The summed E-state index contributed by atoms with van der Waals surface area (Å²) in [6.45, 7) is 0.462. The molecule has 3 rings (SSSR count). The number of hydrogen-bond acceptors (Lipinski definition) is 4. The fraction of sp³-hybridized carbons (Fsp3) is 0.500. The van der Waals surface area contributed by atoms with E-state index >= 15 is 0 Å². The maximum Gasteiger partial charge on any atom is 0.301 e. The number of anilines is 1. The molecule has 2 atom stereocenters. The maximum atomic E-state index is 13.5. The Hall–Kier alpha value is -1.23. The lowest BCUT2D eigenvalue weighted by Gasteiger charge is -2.26. The lowest BCUT2D eigenvalue weighted by molar-refractivity contribution is 0.335. The van der Waals surface area contributed by atoms with Gasteiger partial charge in [0.05, 0.1) is 5.69 Å². The number of sulfonamides is 1. The molecular formula is C12H16FN3O4S2. The van der Waals surface area contributed by atoms with Gasteiger partial charge >= 0.3 is 10.2 Å². The van der Waals surface area contributed by atoms with Gasteiger partial charge in [-0.1, -0.05) is 0 Å². The summed E-state index contributed by atoms with van der Waals surface area (Å²) >= 11 is 0. The second kappa shape index (κ2) is 5.15. The molecule has 1 aliphatic heterocycles. The van der Waals surface area contributed by atoms with Gasteiger partial charge in [0.2, 0.25) is 10.0 Å². The number of hydrogen-bond donors (Lipinski definition) is 2. The second-order valence-electron chi connectivity index (χ2n) is 5.70. The second-order valence-corrected chi connectivity index (χ2v) is 8.85. The van der Waals surface area contributed by atoms with Crippen molar-refractivity contribution >= 4 is 25.9 Å². The molecule has 0 radical (unpaired) electrons. The Balaban J connectivity index is 1.87. The maximum absolute atomic E-state index is 13.5. The minimum atomic E-state index is -4.26. The van der Waals surface area contributed by atoms with Crippen LogP contribution in [-0.2, 0) is 20.2 Å². The number of benzene rings is 1. The van der Waals surface area contributed by atoms with Crippen LogP contribution in [0.3, 0.4) is 0 Å². The molecule has 1 aromatic carbocycles. The highest BCUT2D eigenvalue weighted by molar-refractivity contribution is 7.90. The number of halogens is 1. The fourth-order valence-corrected chi connectivity index (χ4v) is 5.33. The van der Waals surface area contributed by atoms with Gasteiger partial charge in [-0.15, -0.1) is 0 Å². The Kier molecular flexibility index (Phi) is 3.67. The lowest BCUT2D eigenvalue weighted by atomic mass is 10.1. The molecule has 1 aliphatic carbocycles. The van der Waals surface area contributed by atoms with Crippen molar-refractivity contribution in [2.24, 2.45) is 11.1 Å². The zero-order chi connectivity index (χ0) is 16.1. The van der Waals surface area contributed by atoms with Crippen molar-refractivity contribution in [1.82, 2.24) is 4.31 Å². The molecule has 0 aromatic heterocycles. The van der Waals surface area contributed by atoms with E-state index in [4.69, 9.17) is 5.14 Å². The van der Waals surface area contributed by atoms with Crippen LogP contribution >= 0.6 is 0 Å². The first-order chi connectivity index (χ1) is 10.2. The summed E-state index contributed by atoms with van der Waals surface area (Å²) in [6.07, 6.45) is 2.72. The van der Waals surface area contributed by atoms with E-state index in [0.29, 0.717) is 12.5 Å². The summed E-state index contributed by atoms with van der Waals surface area (Å²) in [5.74, 6) is -0.638. The van der Waals surface area contributed by atoms with Crippen molar-refractivity contribution in [1.29, 1.82) is 0 Å². The van der Waals surface area contributed by atoms with Gasteiger partial charge in [0, 0.05) is 12.6 Å². The van der Waals surface area contributed by atoms with Crippen LogP contribution < -0.4 is 9.86 Å². The quantitative estimate of drug-likeness (QED) is 0.830. The average molecular weight is 349 g/mol. The zero-order valence-electron chi connectivity index (χ0n) is 11.6. The van der Waals surface area contributed by atoms with Gasteiger partial charge in [-0.05, 0) is 43.4 Å². The Morgan fingerprint density at radius 1 is 1.23 bits per heavy atom. The smallest absolute Gasteiger partial charge is 0.271 e. The Labute approximate surface area is 128 Å². The van der Waals surface area contributed by atoms with Crippen molar-refractivity contribution in [3.63, 3.8) is 0 Å². The molecule has 0 amide bonds. The van der Waals surface area contributed by atoms with Gasteiger partial charge in [-0.2, -0.15) is 12.7 Å². The van der Waals surface area contributed by atoms with E-state index in [1.54, 1.807) is 0 Å². The van der Waals surface area contributed by atoms with Crippen LogP contribution in [-0.4, -0.2) is 33.7 Å². The monoisotopic (exact) mass is 349 g/mol. The number of fused-ring (bicyclic) bond motifs is 2. The zero-order valence-corrected chi connectivity index (χ0v) is 13.2. The van der Waals surface area contributed by atoms with Crippen molar-refractivity contribution in [3.8, 4) is 0 Å². The average Bonchev–Trinajstić information content (AvgIpc) is 3.02. The largest absolute Gasteiger partial charge is 0.301 e. The minimum Gasteiger partial charge on any atom is -0.271 e. The lowest BCUT2D eigenvalue weighted by Crippen LogP contribution is -2.41. The van der Waals surface area contributed by atoms with E-state index in [-0.39, 0.29) is 11.7 Å². The van der Waals surface area contributed by atoms with Crippen LogP contribution in [0, 0.1) is 11.7 Å². The number of nitrogens with zero attached hydrogens (tertiary/aromatic N) is 1. The highest BCUT2D eigenvalue weighted by atomic mass is 32.2. The molecule has 1 heterocycles. The van der Waals surface area contributed by atoms with E-state index < -0.39 is 30.9 Å². The third-order valence-electron chi connectivity index (χ3n) is 4.15. The topological polar surface area (TPSA) is 110 Å². The van der Waals surface area contributed by atoms with Crippen LogP contribution in [0.15, 0.2) is 23.1 Å². The molecule has 7 nitrogen and oxygen atoms in total. The predicted molar refractivity (Wildman–Crippen MR) is 78.2 cm³/mol. The van der Waals surface area contributed by atoms with Crippen molar-refractivity contribution in [2.45, 2.75) is 30.2 Å². The SMILES string of the molecule is NS(=O)(=O)c1cc(NS(=O)(=O)N2C[C@H]3CC[C@H]2C3)ccc1F. The molecule has 122 valence electrons. The van der Waals surface area contributed by atoms with Gasteiger partial charge in [0.1, 0.15) is 10.7 Å². The molecular weight excluding hydrogens is 333 g/mol. The first-order valence-electron chi connectivity index (χ1n) is 6.79. The molecule has 2 bridgehead atoms. The molecule has 1 aromatic rings. The number of nitrogens with two attached hydrogens (primary N) is 1. The molecule has 0 spiro atoms. The Morgan fingerprint density at radius 3 is 2.50 bits per heavy atom. The van der Waals surface area contributed by atoms with E-state index in [1.807, 2.05) is 0 Å². The van der Waals surface area contributed by atoms with E-state index in [9.17, 15) is 21.2 Å². The Morgan fingerprint density at radius 2 is 1.95 bits per heavy atom. The predicted octanol–water partition coefficient (Wildman–Crippen LogP) is 0.614. The summed E-state index contributed by atoms with van der Waals surface area (Å²) in [4.78, 5) is -0.740. The first-order valence-corrected chi connectivity index (χ1v) is 9.77. The van der Waals surface area contributed by atoms with Crippen molar-refractivity contribution in [2.75, 3.05) is 11.3 Å². The summed E-state index contributed by atoms with van der Waals surface area (Å²) in [7, 11) is -8.06. The van der Waals surface area contributed by atoms with Crippen LogP contribution in [0.25, 0.3) is 0 Å². The number of piperidine rings is 1. The van der Waals surface area contributed by atoms with Gasteiger partial charge in [-0.25, -0.2) is 17.9 Å². The Bertz CT molecular complexity index is 810. The fourth-order valence-electron chi connectivity index (χ4n) is 3.17. The summed E-state index contributed by atoms with van der Waals surface area (Å²) < 4.78 is 64.5. The molecule has 2 aliphatic rings. The standard InChI is InChI=1S/C12H16FN3O4S2/c13-11-4-2-9(6-12(11)21(14,17)18)15-22(19,20)16-7-8-1-3-10(16)5-8/h2,4,6,8,10,15H,1,3,5,7H2,(H2,14,17,18)/t8-,10-/m0/s1. The van der Waals surface area contributed by atoms with E-state index in [2.05, 4.69) is 4.72 Å².